The monoisotopic (exact) mass is 653 g/mol. The highest BCUT2D eigenvalue weighted by Crippen LogP contribution is 2.42. The van der Waals surface area contributed by atoms with Gasteiger partial charge in [0.2, 0.25) is 5.95 Å². The maximum absolute atomic E-state index is 6.34. The number of hydrogen-bond donors (Lipinski definition) is 0. The molecular weight excluding hydrogens is 627 g/mol. The van der Waals surface area contributed by atoms with E-state index in [0.717, 1.165) is 77.0 Å². The van der Waals surface area contributed by atoms with Gasteiger partial charge in [0.05, 0.1) is 33.1 Å². The van der Waals surface area contributed by atoms with E-state index in [0.29, 0.717) is 17.6 Å². The van der Waals surface area contributed by atoms with E-state index in [4.69, 9.17) is 19.4 Å². The van der Waals surface area contributed by atoms with Crippen molar-refractivity contribution in [3.63, 3.8) is 0 Å². The summed E-state index contributed by atoms with van der Waals surface area (Å²) in [5.74, 6) is 1.83. The van der Waals surface area contributed by atoms with E-state index < -0.39 is 0 Å². The quantitative estimate of drug-likeness (QED) is 0.190. The summed E-state index contributed by atoms with van der Waals surface area (Å²) in [5, 5.41) is 6.76. The summed E-state index contributed by atoms with van der Waals surface area (Å²) in [6.45, 7) is 0. The van der Waals surface area contributed by atoms with Crippen LogP contribution in [0.4, 0.5) is 0 Å². The lowest BCUT2D eigenvalue weighted by molar-refractivity contribution is 0.669. The van der Waals surface area contributed by atoms with Gasteiger partial charge in [-0.1, -0.05) is 121 Å². The van der Waals surface area contributed by atoms with Crippen LogP contribution >= 0.6 is 0 Å². The number of aromatic nitrogens is 5. The van der Waals surface area contributed by atoms with Gasteiger partial charge in [-0.2, -0.15) is 9.97 Å². The van der Waals surface area contributed by atoms with Gasteiger partial charge >= 0.3 is 0 Å². The first-order chi connectivity index (χ1) is 25.3. The fourth-order valence-electron chi connectivity index (χ4n) is 7.75. The van der Waals surface area contributed by atoms with Crippen LogP contribution in [0.25, 0.3) is 100.0 Å². The van der Waals surface area contributed by atoms with Crippen molar-refractivity contribution in [3.05, 3.63) is 164 Å². The number of para-hydroxylation sites is 3. The second-order valence-corrected chi connectivity index (χ2v) is 12.9. The molecule has 6 heteroatoms. The Hall–Kier alpha value is -7.05. The van der Waals surface area contributed by atoms with Crippen LogP contribution in [-0.2, 0) is 0 Å². The Balaban J connectivity index is 1.25. The average Bonchev–Trinajstić information content (AvgIpc) is 3.85. The number of nitrogens with zero attached hydrogens (tertiary/aromatic N) is 5. The van der Waals surface area contributed by atoms with Gasteiger partial charge in [0.15, 0.2) is 11.6 Å². The molecule has 0 aliphatic rings. The van der Waals surface area contributed by atoms with E-state index in [9.17, 15) is 0 Å². The molecule has 0 aliphatic carbocycles. The molecule has 0 amide bonds. The molecule has 6 nitrogen and oxygen atoms in total. The van der Waals surface area contributed by atoms with Crippen LogP contribution in [0.2, 0.25) is 0 Å². The third kappa shape index (κ3) is 4.14. The second-order valence-electron chi connectivity index (χ2n) is 12.9. The van der Waals surface area contributed by atoms with Crippen molar-refractivity contribution in [2.45, 2.75) is 0 Å². The third-order valence-corrected chi connectivity index (χ3v) is 9.98. The Morgan fingerprint density at radius 3 is 1.53 bits per heavy atom. The van der Waals surface area contributed by atoms with Crippen LogP contribution in [0.15, 0.2) is 168 Å². The molecular formula is C45H27N5O. The molecule has 0 saturated heterocycles. The van der Waals surface area contributed by atoms with Crippen LogP contribution in [-0.4, -0.2) is 24.1 Å². The molecule has 238 valence electrons. The molecule has 51 heavy (non-hydrogen) atoms. The Morgan fingerprint density at radius 1 is 0.373 bits per heavy atom. The molecule has 0 N–H and O–H groups in total. The summed E-state index contributed by atoms with van der Waals surface area (Å²) >= 11 is 0. The summed E-state index contributed by atoms with van der Waals surface area (Å²) in [4.78, 5) is 15.3. The highest BCUT2D eigenvalue weighted by molar-refractivity contribution is 6.20. The maximum atomic E-state index is 6.34. The molecule has 11 rings (SSSR count). The lowest BCUT2D eigenvalue weighted by Crippen LogP contribution is -2.06. The number of rotatable bonds is 4. The van der Waals surface area contributed by atoms with Crippen molar-refractivity contribution in [3.8, 4) is 34.4 Å². The molecule has 0 fully saturated rings. The summed E-state index contributed by atoms with van der Waals surface area (Å²) in [6.07, 6.45) is 0. The first-order valence-corrected chi connectivity index (χ1v) is 17.0. The van der Waals surface area contributed by atoms with Crippen LogP contribution in [0.5, 0.6) is 0 Å². The van der Waals surface area contributed by atoms with E-state index in [1.807, 2.05) is 72.8 Å². The van der Waals surface area contributed by atoms with Crippen LogP contribution in [0, 0.1) is 0 Å². The van der Waals surface area contributed by atoms with Gasteiger partial charge < -0.3 is 8.98 Å². The van der Waals surface area contributed by atoms with Gasteiger partial charge in [-0.25, -0.2) is 4.98 Å². The lowest BCUT2D eigenvalue weighted by Gasteiger charge is -2.11. The zero-order valence-corrected chi connectivity index (χ0v) is 27.2. The number of hydrogen-bond acceptors (Lipinski definition) is 4. The molecule has 0 atom stereocenters. The predicted octanol–water partition coefficient (Wildman–Crippen LogP) is 11.3. The molecule has 4 aromatic heterocycles. The molecule has 0 bridgehead atoms. The minimum absolute atomic E-state index is 0.576. The van der Waals surface area contributed by atoms with E-state index in [1.54, 1.807) is 0 Å². The van der Waals surface area contributed by atoms with E-state index in [1.165, 1.54) is 5.39 Å². The second kappa shape index (κ2) is 10.7. The SMILES string of the molecule is c1ccc(-c2nc(-c3ccccc3)nc(-n3c4ccccc4c4cc5c(cc43)c3ccccc3n5-c3cccc4oc5ccccc5c34)n2)cc1. The smallest absolute Gasteiger partial charge is 0.238 e. The van der Waals surface area contributed by atoms with E-state index in [-0.39, 0.29) is 0 Å². The van der Waals surface area contributed by atoms with Gasteiger partial charge in [-0.15, -0.1) is 0 Å². The average molecular weight is 654 g/mol. The minimum Gasteiger partial charge on any atom is -0.456 e. The van der Waals surface area contributed by atoms with Crippen molar-refractivity contribution < 1.29 is 4.42 Å². The Bertz CT molecular complexity index is 3080. The van der Waals surface area contributed by atoms with Gasteiger partial charge in [-0.05, 0) is 42.5 Å². The zero-order chi connectivity index (χ0) is 33.5. The van der Waals surface area contributed by atoms with Gasteiger partial charge in [0.25, 0.3) is 0 Å². The molecule has 0 aliphatic heterocycles. The minimum atomic E-state index is 0.576. The zero-order valence-electron chi connectivity index (χ0n) is 27.2. The summed E-state index contributed by atoms with van der Waals surface area (Å²) < 4.78 is 10.9. The number of benzene rings is 7. The van der Waals surface area contributed by atoms with Crippen molar-refractivity contribution in [2.75, 3.05) is 0 Å². The summed E-state index contributed by atoms with van der Waals surface area (Å²) in [5.41, 5.74) is 9.02. The van der Waals surface area contributed by atoms with Crippen molar-refractivity contribution in [1.82, 2.24) is 24.1 Å². The molecule has 11 aromatic rings. The summed E-state index contributed by atoms with van der Waals surface area (Å²) in [6, 6.07) is 56.7. The fourth-order valence-corrected chi connectivity index (χ4v) is 7.75. The largest absolute Gasteiger partial charge is 0.456 e. The lowest BCUT2D eigenvalue weighted by atomic mass is 10.1. The highest BCUT2D eigenvalue weighted by Gasteiger charge is 2.22. The van der Waals surface area contributed by atoms with Gasteiger partial charge in [0, 0.05) is 38.1 Å². The van der Waals surface area contributed by atoms with E-state index >= 15 is 0 Å². The molecule has 0 spiro atoms. The molecule has 7 aromatic carbocycles. The standard InChI is InChI=1S/C45H27N5O/c1-3-14-28(15-4-1)43-46-44(29-16-5-2-6-17-29)48-45(47-43)50-36-22-11-8-19-31(36)34-26-38-33(27-39(34)50)30-18-7-10-21-35(30)49(38)37-23-13-25-41-42(37)32-20-9-12-24-40(32)51-41/h1-27H. The Labute approximate surface area is 291 Å². The number of furan rings is 1. The summed E-state index contributed by atoms with van der Waals surface area (Å²) in [7, 11) is 0. The predicted molar refractivity (Wildman–Crippen MR) is 207 cm³/mol. The van der Waals surface area contributed by atoms with E-state index in [2.05, 4.69) is 100 Å². The van der Waals surface area contributed by atoms with Crippen molar-refractivity contribution in [1.29, 1.82) is 0 Å². The molecule has 0 unspecified atom stereocenters. The Kier molecular flexibility index (Phi) is 5.86. The first-order valence-electron chi connectivity index (χ1n) is 17.0. The first kappa shape index (κ1) is 27.9. The highest BCUT2D eigenvalue weighted by atomic mass is 16.3. The maximum Gasteiger partial charge on any atom is 0.238 e. The van der Waals surface area contributed by atoms with Crippen molar-refractivity contribution >= 4 is 65.6 Å². The molecule has 4 heterocycles. The van der Waals surface area contributed by atoms with Crippen LogP contribution < -0.4 is 0 Å². The topological polar surface area (TPSA) is 61.7 Å². The van der Waals surface area contributed by atoms with Gasteiger partial charge in [-0.3, -0.25) is 4.57 Å². The van der Waals surface area contributed by atoms with Gasteiger partial charge in [0.1, 0.15) is 11.2 Å². The molecule has 0 saturated carbocycles. The number of fused-ring (bicyclic) bond motifs is 9. The van der Waals surface area contributed by atoms with Crippen LogP contribution in [0.1, 0.15) is 0 Å². The normalized spacial score (nSPS) is 11.9. The van der Waals surface area contributed by atoms with Crippen LogP contribution in [0.3, 0.4) is 0 Å². The Morgan fingerprint density at radius 2 is 0.882 bits per heavy atom. The van der Waals surface area contributed by atoms with Crippen molar-refractivity contribution in [2.24, 2.45) is 0 Å². The third-order valence-electron chi connectivity index (χ3n) is 9.98. The fraction of sp³-hybridized carbons (Fsp3) is 0. The molecule has 0 radical (unpaired) electrons.